The average molecular weight is 284 g/mol. The number of rotatable bonds is 4. The van der Waals surface area contributed by atoms with Gasteiger partial charge in [-0.2, -0.15) is 0 Å². The van der Waals surface area contributed by atoms with E-state index < -0.39 is 11.7 Å². The summed E-state index contributed by atoms with van der Waals surface area (Å²) in [6.07, 6.45) is -0.634. The van der Waals surface area contributed by atoms with Gasteiger partial charge in [0, 0.05) is 15.3 Å². The molecule has 1 atom stereocenters. The molecule has 0 radical (unpaired) electrons. The maximum absolute atomic E-state index is 12.2. The molecule has 0 aromatic carbocycles. The normalized spacial score (nSPS) is 13.4. The first-order valence-electron chi connectivity index (χ1n) is 6.58. The van der Waals surface area contributed by atoms with Gasteiger partial charge >= 0.3 is 5.97 Å². The Labute approximate surface area is 119 Å². The quantitative estimate of drug-likeness (QED) is 0.781. The Bertz CT molecular complexity index is 455. The lowest BCUT2D eigenvalue weighted by Crippen LogP contribution is -2.29. The lowest BCUT2D eigenvalue weighted by atomic mass is 10.0. The van der Waals surface area contributed by atoms with E-state index in [0.717, 1.165) is 16.0 Å². The van der Waals surface area contributed by atoms with Gasteiger partial charge in [0.25, 0.3) is 0 Å². The number of hydrogen-bond acceptors (Lipinski definition) is 4. The maximum atomic E-state index is 12.2. The highest BCUT2D eigenvalue weighted by Crippen LogP contribution is 2.36. The molecule has 1 aromatic heterocycles. The van der Waals surface area contributed by atoms with E-state index in [0.29, 0.717) is 6.61 Å². The molecule has 1 heterocycles. The van der Waals surface area contributed by atoms with Crippen LogP contribution in [-0.4, -0.2) is 18.2 Å². The van der Waals surface area contributed by atoms with Gasteiger partial charge in [0.05, 0.1) is 12.2 Å². The smallest absolute Gasteiger partial charge is 0.340 e. The highest BCUT2D eigenvalue weighted by atomic mass is 32.1. The van der Waals surface area contributed by atoms with Gasteiger partial charge in [-0.25, -0.2) is 4.79 Å². The van der Waals surface area contributed by atoms with E-state index in [1.54, 1.807) is 11.3 Å². The maximum Gasteiger partial charge on any atom is 0.340 e. The van der Waals surface area contributed by atoms with Gasteiger partial charge in [-0.15, -0.1) is 11.3 Å². The van der Waals surface area contributed by atoms with Crippen molar-refractivity contribution in [1.82, 2.24) is 0 Å². The Morgan fingerprint density at radius 3 is 2.16 bits per heavy atom. The third kappa shape index (κ3) is 4.05. The summed E-state index contributed by atoms with van der Waals surface area (Å²) >= 11 is 1.70. The Morgan fingerprint density at radius 1 is 1.21 bits per heavy atom. The largest absolute Gasteiger partial charge is 0.464 e. The van der Waals surface area contributed by atoms with Gasteiger partial charge in [-0.05, 0) is 54.0 Å². The van der Waals surface area contributed by atoms with Gasteiger partial charge < -0.3 is 9.47 Å². The fourth-order valence-electron chi connectivity index (χ4n) is 1.99. The van der Waals surface area contributed by atoms with Crippen LogP contribution < -0.4 is 0 Å². The number of ether oxygens (including phenoxy) is 2. The second-order valence-electron chi connectivity index (χ2n) is 5.62. The van der Waals surface area contributed by atoms with Crippen LogP contribution in [-0.2, 0) is 14.3 Å². The van der Waals surface area contributed by atoms with Crippen molar-refractivity contribution < 1.29 is 14.3 Å². The molecule has 0 saturated carbocycles. The molecule has 0 N–H and O–H groups in total. The number of aryl methyl sites for hydroxylation is 2. The predicted molar refractivity (Wildman–Crippen MR) is 78.7 cm³/mol. The lowest BCUT2D eigenvalue weighted by molar-refractivity contribution is -0.166. The second kappa shape index (κ2) is 6.06. The second-order valence-corrected chi connectivity index (χ2v) is 7.04. The third-order valence-electron chi connectivity index (χ3n) is 2.85. The molecule has 0 spiro atoms. The van der Waals surface area contributed by atoms with E-state index in [2.05, 4.69) is 6.92 Å². The van der Waals surface area contributed by atoms with Crippen LogP contribution in [0.5, 0.6) is 0 Å². The van der Waals surface area contributed by atoms with Crippen LogP contribution in [0.2, 0.25) is 0 Å². The fourth-order valence-corrected chi connectivity index (χ4v) is 3.08. The molecule has 3 nitrogen and oxygen atoms in total. The minimum absolute atomic E-state index is 0.304. The van der Waals surface area contributed by atoms with Crippen molar-refractivity contribution in [2.24, 2.45) is 0 Å². The molecule has 1 rings (SSSR count). The number of carbonyl (C=O) groups excluding carboxylic acids is 1. The van der Waals surface area contributed by atoms with E-state index in [1.165, 1.54) is 4.88 Å². The first-order chi connectivity index (χ1) is 8.67. The van der Waals surface area contributed by atoms with Gasteiger partial charge in [-0.1, -0.05) is 0 Å². The number of carbonyl (C=O) groups is 1. The van der Waals surface area contributed by atoms with Gasteiger partial charge in [-0.3, -0.25) is 0 Å². The Kier molecular flexibility index (Phi) is 5.16. The van der Waals surface area contributed by atoms with Crippen molar-refractivity contribution in [3.8, 4) is 0 Å². The Hall–Kier alpha value is -0.870. The van der Waals surface area contributed by atoms with Crippen LogP contribution in [0, 0.1) is 20.8 Å². The first-order valence-corrected chi connectivity index (χ1v) is 7.40. The van der Waals surface area contributed by atoms with Crippen LogP contribution in [0.15, 0.2) is 0 Å². The molecule has 0 bridgehead atoms. The van der Waals surface area contributed by atoms with Crippen molar-refractivity contribution >= 4 is 17.3 Å². The molecule has 0 aliphatic heterocycles. The summed E-state index contributed by atoms with van der Waals surface area (Å²) in [6.45, 7) is 14.1. The summed E-state index contributed by atoms with van der Waals surface area (Å²) < 4.78 is 11.1. The summed E-state index contributed by atoms with van der Waals surface area (Å²) in [6, 6.07) is 0. The first kappa shape index (κ1) is 16.2. The molecule has 0 fully saturated rings. The molecular formula is C15H24O3S. The third-order valence-corrected chi connectivity index (χ3v) is 3.99. The molecule has 0 aliphatic carbocycles. The van der Waals surface area contributed by atoms with E-state index in [-0.39, 0.29) is 5.97 Å². The molecule has 19 heavy (non-hydrogen) atoms. The van der Waals surface area contributed by atoms with Crippen LogP contribution in [0.1, 0.15) is 54.7 Å². The molecule has 1 aromatic rings. The summed E-state index contributed by atoms with van der Waals surface area (Å²) in [7, 11) is 0. The van der Waals surface area contributed by atoms with Gasteiger partial charge in [0.2, 0.25) is 0 Å². The van der Waals surface area contributed by atoms with Gasteiger partial charge in [0.1, 0.15) is 0 Å². The standard InChI is InChI=1S/C15H24O3S/c1-8-17-14(16)13(18-15(5,6)7)12-9(2)10(3)19-11(12)4/h13H,8H2,1-7H3. The Balaban J connectivity index is 3.19. The summed E-state index contributed by atoms with van der Waals surface area (Å²) in [5.41, 5.74) is 1.70. The highest BCUT2D eigenvalue weighted by Gasteiger charge is 2.32. The average Bonchev–Trinajstić information content (AvgIpc) is 2.49. The van der Waals surface area contributed by atoms with E-state index in [4.69, 9.17) is 9.47 Å². The van der Waals surface area contributed by atoms with Crippen molar-refractivity contribution in [2.75, 3.05) is 6.61 Å². The molecular weight excluding hydrogens is 260 g/mol. The van der Waals surface area contributed by atoms with Crippen molar-refractivity contribution in [2.45, 2.75) is 60.2 Å². The van der Waals surface area contributed by atoms with Crippen LogP contribution in [0.3, 0.4) is 0 Å². The van der Waals surface area contributed by atoms with Crippen LogP contribution in [0.4, 0.5) is 0 Å². The minimum atomic E-state index is -0.634. The number of hydrogen-bond donors (Lipinski definition) is 0. The SMILES string of the molecule is CCOC(=O)C(OC(C)(C)C)c1c(C)sc(C)c1C. The molecule has 108 valence electrons. The Morgan fingerprint density at radius 2 is 1.79 bits per heavy atom. The predicted octanol–water partition coefficient (Wildman–Crippen LogP) is 4.09. The molecule has 1 unspecified atom stereocenters. The van der Waals surface area contributed by atoms with E-state index in [1.807, 2.05) is 41.5 Å². The molecule has 0 amide bonds. The minimum Gasteiger partial charge on any atom is -0.464 e. The number of thiophene rings is 1. The fraction of sp³-hybridized carbons (Fsp3) is 0.667. The summed E-state index contributed by atoms with van der Waals surface area (Å²) in [5, 5.41) is 0. The zero-order chi connectivity index (χ0) is 14.8. The lowest BCUT2D eigenvalue weighted by Gasteiger charge is -2.27. The molecule has 4 heteroatoms. The van der Waals surface area contributed by atoms with E-state index >= 15 is 0 Å². The van der Waals surface area contributed by atoms with Crippen molar-refractivity contribution in [3.05, 3.63) is 20.9 Å². The highest BCUT2D eigenvalue weighted by molar-refractivity contribution is 7.12. The van der Waals surface area contributed by atoms with E-state index in [9.17, 15) is 4.79 Å². The van der Waals surface area contributed by atoms with Crippen LogP contribution >= 0.6 is 11.3 Å². The van der Waals surface area contributed by atoms with Crippen LogP contribution in [0.25, 0.3) is 0 Å². The zero-order valence-corrected chi connectivity index (χ0v) is 13.7. The van der Waals surface area contributed by atoms with Gasteiger partial charge in [0.15, 0.2) is 6.10 Å². The zero-order valence-electron chi connectivity index (χ0n) is 12.9. The summed E-state index contributed by atoms with van der Waals surface area (Å²) in [4.78, 5) is 14.5. The van der Waals surface area contributed by atoms with Crippen molar-refractivity contribution in [3.63, 3.8) is 0 Å². The topological polar surface area (TPSA) is 35.5 Å². The number of esters is 1. The summed E-state index contributed by atoms with van der Waals surface area (Å²) in [5.74, 6) is -0.304. The van der Waals surface area contributed by atoms with Crippen molar-refractivity contribution in [1.29, 1.82) is 0 Å². The molecule has 0 saturated heterocycles. The molecule has 0 aliphatic rings. The monoisotopic (exact) mass is 284 g/mol.